The van der Waals surface area contributed by atoms with Crippen molar-refractivity contribution in [3.05, 3.63) is 80.2 Å². The standard InChI is InChI=1S/C20H18N2O2S2/c23-19-17-7-1-2-8-18(17)20(24)22(19)10-9-21(13-15-5-3-11-25-15)14-16-6-4-12-26-16/h1-8,11-12H,9-10,13-14H2. The van der Waals surface area contributed by atoms with Crippen LogP contribution in [0, 0.1) is 0 Å². The molecule has 0 N–H and O–H groups in total. The average molecular weight is 383 g/mol. The third-order valence-corrected chi connectivity index (χ3v) is 6.16. The second-order valence-electron chi connectivity index (χ2n) is 6.18. The van der Waals surface area contributed by atoms with E-state index >= 15 is 0 Å². The molecule has 0 spiro atoms. The molecule has 1 aliphatic heterocycles. The normalized spacial score (nSPS) is 13.7. The molecule has 0 fully saturated rings. The quantitative estimate of drug-likeness (QED) is 0.578. The molecule has 6 heteroatoms. The van der Waals surface area contributed by atoms with Crippen molar-refractivity contribution in [3.63, 3.8) is 0 Å². The van der Waals surface area contributed by atoms with E-state index in [1.54, 1.807) is 46.9 Å². The van der Waals surface area contributed by atoms with E-state index in [0.29, 0.717) is 24.2 Å². The Hall–Kier alpha value is -2.28. The molecule has 0 radical (unpaired) electrons. The lowest BCUT2D eigenvalue weighted by Crippen LogP contribution is -2.37. The lowest BCUT2D eigenvalue weighted by molar-refractivity contribution is 0.0633. The fourth-order valence-corrected chi connectivity index (χ4v) is 4.64. The summed E-state index contributed by atoms with van der Waals surface area (Å²) in [6.07, 6.45) is 0. The van der Waals surface area contributed by atoms with Gasteiger partial charge < -0.3 is 0 Å². The van der Waals surface area contributed by atoms with E-state index in [1.165, 1.54) is 14.7 Å². The highest BCUT2D eigenvalue weighted by atomic mass is 32.1. The van der Waals surface area contributed by atoms with Crippen molar-refractivity contribution < 1.29 is 9.59 Å². The molecule has 2 amide bonds. The van der Waals surface area contributed by atoms with Crippen molar-refractivity contribution in [1.82, 2.24) is 9.80 Å². The summed E-state index contributed by atoms with van der Waals surface area (Å²) in [5, 5.41) is 4.14. The number of rotatable bonds is 7. The molecule has 0 atom stereocenters. The van der Waals surface area contributed by atoms with Crippen LogP contribution in [0.4, 0.5) is 0 Å². The minimum Gasteiger partial charge on any atom is -0.291 e. The number of carbonyl (C=O) groups is 2. The molecule has 3 aromatic rings. The number of hydrogen-bond donors (Lipinski definition) is 0. The highest BCUT2D eigenvalue weighted by Gasteiger charge is 2.34. The summed E-state index contributed by atoms with van der Waals surface area (Å²) < 4.78 is 0. The van der Waals surface area contributed by atoms with Gasteiger partial charge in [-0.25, -0.2) is 0 Å². The first-order valence-corrected chi connectivity index (χ1v) is 10.2. The van der Waals surface area contributed by atoms with Crippen LogP contribution in [-0.4, -0.2) is 34.7 Å². The predicted molar refractivity (Wildman–Crippen MR) is 105 cm³/mol. The maximum atomic E-state index is 12.5. The van der Waals surface area contributed by atoms with Crippen LogP contribution >= 0.6 is 22.7 Å². The van der Waals surface area contributed by atoms with E-state index in [2.05, 4.69) is 27.8 Å². The van der Waals surface area contributed by atoms with Gasteiger partial charge in [-0.2, -0.15) is 0 Å². The van der Waals surface area contributed by atoms with Gasteiger partial charge >= 0.3 is 0 Å². The number of fused-ring (bicyclic) bond motifs is 1. The van der Waals surface area contributed by atoms with E-state index in [0.717, 1.165) is 13.1 Å². The van der Waals surface area contributed by atoms with Crippen LogP contribution < -0.4 is 0 Å². The van der Waals surface area contributed by atoms with Crippen LogP contribution in [-0.2, 0) is 13.1 Å². The Morgan fingerprint density at radius 1 is 0.769 bits per heavy atom. The van der Waals surface area contributed by atoms with Gasteiger partial charge in [0.25, 0.3) is 11.8 Å². The summed E-state index contributed by atoms with van der Waals surface area (Å²) in [6, 6.07) is 15.4. The topological polar surface area (TPSA) is 40.6 Å². The Morgan fingerprint density at radius 3 is 1.77 bits per heavy atom. The second kappa shape index (κ2) is 7.53. The number of hydrogen-bond acceptors (Lipinski definition) is 5. The minimum atomic E-state index is -0.183. The summed E-state index contributed by atoms with van der Waals surface area (Å²) in [5.74, 6) is -0.365. The van der Waals surface area contributed by atoms with Gasteiger partial charge in [-0.3, -0.25) is 19.4 Å². The molecular formula is C20H18N2O2S2. The van der Waals surface area contributed by atoms with Gasteiger partial charge in [-0.15, -0.1) is 22.7 Å². The van der Waals surface area contributed by atoms with Crippen molar-refractivity contribution in [2.75, 3.05) is 13.1 Å². The molecule has 0 bridgehead atoms. The molecule has 3 heterocycles. The molecule has 0 saturated heterocycles. The summed E-state index contributed by atoms with van der Waals surface area (Å²) in [6.45, 7) is 2.70. The van der Waals surface area contributed by atoms with Crippen molar-refractivity contribution >= 4 is 34.5 Å². The molecule has 0 unspecified atom stereocenters. The number of thiophene rings is 2. The Balaban J connectivity index is 1.46. The first-order chi connectivity index (χ1) is 12.7. The Morgan fingerprint density at radius 2 is 1.31 bits per heavy atom. The van der Waals surface area contributed by atoms with E-state index in [-0.39, 0.29) is 11.8 Å². The summed E-state index contributed by atoms with van der Waals surface area (Å²) in [7, 11) is 0. The van der Waals surface area contributed by atoms with Gasteiger partial charge in [0, 0.05) is 35.9 Å². The molecule has 132 valence electrons. The van der Waals surface area contributed by atoms with Crippen molar-refractivity contribution in [2.24, 2.45) is 0 Å². The SMILES string of the molecule is O=C1c2ccccc2C(=O)N1CCN(Cc1cccs1)Cc1cccs1. The van der Waals surface area contributed by atoms with Crippen LogP contribution in [0.3, 0.4) is 0 Å². The maximum absolute atomic E-state index is 12.5. The summed E-state index contributed by atoms with van der Waals surface area (Å²) in [5.41, 5.74) is 1.03. The van der Waals surface area contributed by atoms with Crippen LogP contribution in [0.15, 0.2) is 59.3 Å². The number of amides is 2. The summed E-state index contributed by atoms with van der Waals surface area (Å²) in [4.78, 5) is 31.3. The van der Waals surface area contributed by atoms with Gasteiger partial charge in [-0.05, 0) is 35.0 Å². The zero-order valence-electron chi connectivity index (χ0n) is 14.1. The number of benzene rings is 1. The van der Waals surface area contributed by atoms with Gasteiger partial charge in [0.05, 0.1) is 11.1 Å². The predicted octanol–water partition coefficient (Wildman–Crippen LogP) is 4.11. The van der Waals surface area contributed by atoms with Crippen molar-refractivity contribution in [2.45, 2.75) is 13.1 Å². The van der Waals surface area contributed by atoms with Crippen LogP contribution in [0.1, 0.15) is 30.5 Å². The van der Waals surface area contributed by atoms with E-state index in [9.17, 15) is 9.59 Å². The maximum Gasteiger partial charge on any atom is 0.261 e. The average Bonchev–Trinajstić information content (AvgIpc) is 3.38. The van der Waals surface area contributed by atoms with Crippen molar-refractivity contribution in [3.8, 4) is 0 Å². The molecule has 1 aliphatic rings. The molecule has 1 aromatic carbocycles. The van der Waals surface area contributed by atoms with E-state index < -0.39 is 0 Å². The largest absolute Gasteiger partial charge is 0.291 e. The lowest BCUT2D eigenvalue weighted by atomic mass is 10.1. The Labute approximate surface area is 160 Å². The molecular weight excluding hydrogens is 364 g/mol. The minimum absolute atomic E-state index is 0.183. The molecule has 0 saturated carbocycles. The summed E-state index contributed by atoms with van der Waals surface area (Å²) >= 11 is 3.45. The van der Waals surface area contributed by atoms with Crippen LogP contribution in [0.5, 0.6) is 0 Å². The second-order valence-corrected chi connectivity index (χ2v) is 8.24. The highest BCUT2D eigenvalue weighted by Crippen LogP contribution is 2.23. The molecule has 26 heavy (non-hydrogen) atoms. The van der Waals surface area contributed by atoms with Gasteiger partial charge in [-0.1, -0.05) is 24.3 Å². The smallest absolute Gasteiger partial charge is 0.261 e. The highest BCUT2D eigenvalue weighted by molar-refractivity contribution is 7.10. The number of carbonyl (C=O) groups excluding carboxylic acids is 2. The van der Waals surface area contributed by atoms with Crippen LogP contribution in [0.2, 0.25) is 0 Å². The first kappa shape index (κ1) is 17.1. The van der Waals surface area contributed by atoms with Gasteiger partial charge in [0.1, 0.15) is 0 Å². The Kier molecular flexibility index (Phi) is 4.97. The molecule has 0 aliphatic carbocycles. The van der Waals surface area contributed by atoms with E-state index in [1.807, 2.05) is 12.1 Å². The number of nitrogens with zero attached hydrogens (tertiary/aromatic N) is 2. The Bertz CT molecular complexity index is 833. The third-order valence-electron chi connectivity index (χ3n) is 4.44. The lowest BCUT2D eigenvalue weighted by Gasteiger charge is -2.23. The zero-order valence-corrected chi connectivity index (χ0v) is 15.8. The van der Waals surface area contributed by atoms with Gasteiger partial charge in [0.2, 0.25) is 0 Å². The molecule has 2 aromatic heterocycles. The fraction of sp³-hybridized carbons (Fsp3) is 0.200. The third kappa shape index (κ3) is 3.49. The first-order valence-electron chi connectivity index (χ1n) is 8.45. The van der Waals surface area contributed by atoms with Crippen LogP contribution in [0.25, 0.3) is 0 Å². The van der Waals surface area contributed by atoms with Gasteiger partial charge in [0.15, 0.2) is 0 Å². The number of imide groups is 1. The van der Waals surface area contributed by atoms with Crippen molar-refractivity contribution in [1.29, 1.82) is 0 Å². The fourth-order valence-electron chi connectivity index (χ4n) is 3.14. The molecule has 4 nitrogen and oxygen atoms in total. The monoisotopic (exact) mass is 382 g/mol. The van der Waals surface area contributed by atoms with E-state index in [4.69, 9.17) is 0 Å². The zero-order chi connectivity index (χ0) is 17.9. The molecule has 4 rings (SSSR count).